The first kappa shape index (κ1) is 29.6. The molecule has 0 fully saturated rings. The molecule has 14 heteroatoms. The molecule has 0 spiro atoms. The average Bonchev–Trinajstić information content (AvgIpc) is 2.86. The predicted octanol–water partition coefficient (Wildman–Crippen LogP) is 1.31. The summed E-state index contributed by atoms with van der Waals surface area (Å²) in [5.41, 5.74) is -8.99. The van der Waals surface area contributed by atoms with Crippen molar-refractivity contribution in [1.29, 1.82) is 0 Å². The maximum Gasteiger partial charge on any atom is 0.197 e. The number of benzene rings is 2. The van der Waals surface area contributed by atoms with Gasteiger partial charge in [0.05, 0.1) is 6.61 Å². The van der Waals surface area contributed by atoms with Crippen LogP contribution in [0.2, 0.25) is 0 Å². The number of halogens is 8. The fourth-order valence-electron chi connectivity index (χ4n) is 3.62. The molecule has 2 rings (SSSR count). The van der Waals surface area contributed by atoms with Crippen LogP contribution in [0.1, 0.15) is 11.1 Å². The van der Waals surface area contributed by atoms with Crippen LogP contribution in [0.25, 0.3) is 0 Å². The molecule has 6 N–H and O–H groups in total. The molecule has 0 amide bonds. The van der Waals surface area contributed by atoms with Gasteiger partial charge in [0.15, 0.2) is 46.5 Å². The third-order valence-corrected chi connectivity index (χ3v) is 5.67. The van der Waals surface area contributed by atoms with Crippen molar-refractivity contribution in [3.63, 3.8) is 0 Å². The molecular weight excluding hydrogens is 512 g/mol. The van der Waals surface area contributed by atoms with Gasteiger partial charge >= 0.3 is 0 Å². The van der Waals surface area contributed by atoms with Crippen molar-refractivity contribution in [2.24, 2.45) is 0 Å². The molecule has 0 bridgehead atoms. The second-order valence-corrected chi connectivity index (χ2v) is 8.06. The highest BCUT2D eigenvalue weighted by Crippen LogP contribution is 2.35. The quantitative estimate of drug-likeness (QED) is 0.119. The maximum atomic E-state index is 14.3. The first-order valence-electron chi connectivity index (χ1n) is 9.92. The zero-order chi connectivity index (χ0) is 27.7. The van der Waals surface area contributed by atoms with Crippen LogP contribution in [0.4, 0.5) is 35.1 Å². The Labute approximate surface area is 198 Å². The predicted molar refractivity (Wildman–Crippen MR) is 105 cm³/mol. The van der Waals surface area contributed by atoms with Crippen LogP contribution in [0.5, 0.6) is 0 Å². The molecule has 0 aliphatic carbocycles. The lowest BCUT2D eigenvalue weighted by Gasteiger charge is -2.45. The van der Waals surface area contributed by atoms with Crippen molar-refractivity contribution >= 4 is 0 Å². The summed E-state index contributed by atoms with van der Waals surface area (Å²) in [7, 11) is 0. The summed E-state index contributed by atoms with van der Waals surface area (Å²) < 4.78 is 110. The largest absolute Gasteiger partial charge is 0.394 e. The third-order valence-electron chi connectivity index (χ3n) is 5.67. The highest BCUT2D eigenvalue weighted by molar-refractivity contribution is 5.29. The highest BCUT2D eigenvalue weighted by atomic mass is 19.2. The smallest absolute Gasteiger partial charge is 0.197 e. The minimum Gasteiger partial charge on any atom is -0.394 e. The molecule has 0 radical (unpaired) electrons. The maximum absolute atomic E-state index is 14.3. The lowest BCUT2D eigenvalue weighted by Crippen LogP contribution is -2.66. The van der Waals surface area contributed by atoms with E-state index in [1.165, 1.54) is 0 Å². The summed E-state index contributed by atoms with van der Waals surface area (Å²) in [6.45, 7) is 1.77. The van der Waals surface area contributed by atoms with Gasteiger partial charge < -0.3 is 30.6 Å². The summed E-state index contributed by atoms with van der Waals surface area (Å²) in [5.74, 6) is -17.2. The second kappa shape index (κ2) is 10.8. The SMILES string of the molecule is C=CC(O)(Cc1cc(F)c(F)c(F)c1F)[C@@H](O)[C@@](O)(Cc1cc(F)c(F)c(F)c1F)[C@H](O)[C@@H](O)CO. The normalized spacial score (nSPS) is 17.7. The van der Waals surface area contributed by atoms with Crippen molar-refractivity contribution < 1.29 is 65.8 Å². The lowest BCUT2D eigenvalue weighted by molar-refractivity contribution is -0.218. The van der Waals surface area contributed by atoms with Gasteiger partial charge in [-0.05, 0) is 23.3 Å². The molecule has 6 nitrogen and oxygen atoms in total. The Morgan fingerprint density at radius 3 is 1.53 bits per heavy atom. The highest BCUT2D eigenvalue weighted by Gasteiger charge is 2.54. The monoisotopic (exact) mass is 532 g/mol. The Bertz CT molecular complexity index is 1150. The molecule has 36 heavy (non-hydrogen) atoms. The first-order valence-corrected chi connectivity index (χ1v) is 9.92. The van der Waals surface area contributed by atoms with Gasteiger partial charge in [-0.3, -0.25) is 0 Å². The van der Waals surface area contributed by atoms with Crippen molar-refractivity contribution in [3.8, 4) is 0 Å². The van der Waals surface area contributed by atoms with Gasteiger partial charge in [0.2, 0.25) is 0 Å². The number of aliphatic hydroxyl groups excluding tert-OH is 4. The number of aliphatic hydroxyl groups is 6. The Morgan fingerprint density at radius 2 is 1.14 bits per heavy atom. The molecule has 0 saturated carbocycles. The summed E-state index contributed by atoms with van der Waals surface area (Å²) in [6.07, 6.45) is -10.7. The molecule has 0 aliphatic heterocycles. The number of hydrogen-bond acceptors (Lipinski definition) is 6. The van der Waals surface area contributed by atoms with Gasteiger partial charge in [0.25, 0.3) is 0 Å². The van der Waals surface area contributed by atoms with E-state index in [4.69, 9.17) is 5.11 Å². The summed E-state index contributed by atoms with van der Waals surface area (Å²) >= 11 is 0. The minimum atomic E-state index is -3.49. The molecule has 0 aromatic heterocycles. The fraction of sp³-hybridized carbons (Fsp3) is 0.364. The van der Waals surface area contributed by atoms with Crippen LogP contribution in [-0.2, 0) is 12.8 Å². The standard InChI is InChI=1S/C22H20F8O6/c1-2-21(35,5-8-3-10(23)15(27)17(29)13(8)25)20(34)22(36,19(33)12(32)7-31)6-9-4-11(24)16(28)18(30)14(9)26/h2-4,12,19-20,31-36H,1,5-7H2/t12-,19+,20+,21?,22+/m0/s1. The molecule has 0 aliphatic rings. The van der Waals surface area contributed by atoms with E-state index in [0.717, 1.165) is 0 Å². The third kappa shape index (κ3) is 5.23. The van der Waals surface area contributed by atoms with Gasteiger partial charge in [-0.1, -0.05) is 6.08 Å². The van der Waals surface area contributed by atoms with Crippen LogP contribution in [0, 0.1) is 46.5 Å². The average molecular weight is 532 g/mol. The summed E-state index contributed by atoms with van der Waals surface area (Å²) in [4.78, 5) is 0. The van der Waals surface area contributed by atoms with E-state index in [1.807, 2.05) is 0 Å². The van der Waals surface area contributed by atoms with Gasteiger partial charge in [-0.2, -0.15) is 0 Å². The Kier molecular flexibility index (Phi) is 8.87. The molecule has 1 unspecified atom stereocenters. The van der Waals surface area contributed by atoms with Crippen LogP contribution >= 0.6 is 0 Å². The zero-order valence-corrected chi connectivity index (χ0v) is 18.0. The van der Waals surface area contributed by atoms with Crippen molar-refractivity contribution in [1.82, 2.24) is 0 Å². The zero-order valence-electron chi connectivity index (χ0n) is 18.0. The van der Waals surface area contributed by atoms with Crippen LogP contribution < -0.4 is 0 Å². The van der Waals surface area contributed by atoms with Gasteiger partial charge in [0, 0.05) is 12.8 Å². The van der Waals surface area contributed by atoms with E-state index >= 15 is 0 Å². The summed E-state index contributed by atoms with van der Waals surface area (Å²) in [6, 6.07) is 0.0955. The fourth-order valence-corrected chi connectivity index (χ4v) is 3.62. The number of hydrogen-bond donors (Lipinski definition) is 6. The number of rotatable bonds is 10. The Hall–Kier alpha value is -2.62. The van der Waals surface area contributed by atoms with E-state index < -0.39 is 107 Å². The molecule has 200 valence electrons. The van der Waals surface area contributed by atoms with E-state index in [9.17, 15) is 60.7 Å². The second-order valence-electron chi connectivity index (χ2n) is 8.06. The molecule has 2 aromatic rings. The summed E-state index contributed by atoms with van der Waals surface area (Å²) in [5, 5.41) is 62.0. The van der Waals surface area contributed by atoms with Gasteiger partial charge in [0.1, 0.15) is 29.5 Å². The van der Waals surface area contributed by atoms with Crippen molar-refractivity contribution in [2.75, 3.05) is 6.61 Å². The van der Waals surface area contributed by atoms with E-state index in [-0.39, 0.29) is 12.1 Å². The van der Waals surface area contributed by atoms with Crippen LogP contribution in [0.15, 0.2) is 24.8 Å². The Balaban J connectivity index is 2.66. The van der Waals surface area contributed by atoms with Crippen LogP contribution in [-0.4, -0.2) is 66.8 Å². The lowest BCUT2D eigenvalue weighted by atomic mass is 9.73. The first-order chi connectivity index (χ1) is 16.5. The van der Waals surface area contributed by atoms with Crippen molar-refractivity contribution in [2.45, 2.75) is 42.4 Å². The molecule has 0 heterocycles. The minimum absolute atomic E-state index is 0.0147. The topological polar surface area (TPSA) is 121 Å². The molecule has 2 aromatic carbocycles. The molecule has 5 atom stereocenters. The Morgan fingerprint density at radius 1 is 0.722 bits per heavy atom. The molecular formula is C22H20F8O6. The van der Waals surface area contributed by atoms with Gasteiger partial charge in [-0.25, -0.2) is 35.1 Å². The van der Waals surface area contributed by atoms with E-state index in [2.05, 4.69) is 6.58 Å². The van der Waals surface area contributed by atoms with E-state index in [1.54, 1.807) is 0 Å². The molecule has 0 saturated heterocycles. The van der Waals surface area contributed by atoms with Crippen molar-refractivity contribution in [3.05, 3.63) is 82.5 Å². The van der Waals surface area contributed by atoms with Gasteiger partial charge in [-0.15, -0.1) is 6.58 Å². The van der Waals surface area contributed by atoms with Crippen LogP contribution in [0.3, 0.4) is 0 Å². The van der Waals surface area contributed by atoms with E-state index in [0.29, 0.717) is 6.08 Å².